The van der Waals surface area contributed by atoms with Crippen LogP contribution >= 0.6 is 0 Å². The minimum absolute atomic E-state index is 0.00169. The molecule has 1 rings (SSSR count). The van der Waals surface area contributed by atoms with Gasteiger partial charge in [0.1, 0.15) is 5.69 Å². The van der Waals surface area contributed by atoms with E-state index in [4.69, 9.17) is 0 Å². The van der Waals surface area contributed by atoms with Crippen molar-refractivity contribution in [2.75, 3.05) is 5.32 Å². The highest BCUT2D eigenvalue weighted by atomic mass is 19.4. The average molecular weight is 276 g/mol. The molecule has 106 valence electrons. The zero-order valence-electron chi connectivity index (χ0n) is 10.4. The predicted molar refractivity (Wildman–Crippen MR) is 66.1 cm³/mol. The Bertz CT molecular complexity index is 435. The number of nitro groups is 1. The fourth-order valence-corrected chi connectivity index (χ4v) is 1.70. The molecule has 19 heavy (non-hydrogen) atoms. The van der Waals surface area contributed by atoms with Crippen LogP contribution in [0.25, 0.3) is 0 Å². The summed E-state index contributed by atoms with van der Waals surface area (Å²) in [6.07, 6.45) is -4.70. The van der Waals surface area contributed by atoms with E-state index >= 15 is 0 Å². The Kier molecular flexibility index (Phi) is 5.14. The summed E-state index contributed by atoms with van der Waals surface area (Å²) >= 11 is 0. The summed E-state index contributed by atoms with van der Waals surface area (Å²) in [6, 6.07) is 5.81. The SMILES string of the molecule is CC(CCCC(F)(F)F)Nc1ccccc1[N+](=O)[O-]. The van der Waals surface area contributed by atoms with Crippen LogP contribution < -0.4 is 5.32 Å². The van der Waals surface area contributed by atoms with Gasteiger partial charge >= 0.3 is 6.18 Å². The molecule has 0 spiro atoms. The monoisotopic (exact) mass is 276 g/mol. The van der Waals surface area contributed by atoms with Gasteiger partial charge in [0, 0.05) is 18.5 Å². The molecular weight excluding hydrogens is 261 g/mol. The standard InChI is InChI=1S/C12H15F3N2O2/c1-9(5-4-8-12(13,14)15)16-10-6-2-3-7-11(10)17(18)19/h2-3,6-7,9,16H,4-5,8H2,1H3. The van der Waals surface area contributed by atoms with Crippen molar-refractivity contribution in [1.82, 2.24) is 0 Å². The van der Waals surface area contributed by atoms with E-state index < -0.39 is 17.5 Å². The summed E-state index contributed by atoms with van der Waals surface area (Å²) in [5.74, 6) is 0. The van der Waals surface area contributed by atoms with Crippen molar-refractivity contribution >= 4 is 11.4 Å². The van der Waals surface area contributed by atoms with Crippen molar-refractivity contribution in [2.45, 2.75) is 38.4 Å². The molecule has 7 heteroatoms. The van der Waals surface area contributed by atoms with E-state index in [1.54, 1.807) is 19.1 Å². The van der Waals surface area contributed by atoms with Crippen molar-refractivity contribution in [2.24, 2.45) is 0 Å². The van der Waals surface area contributed by atoms with E-state index in [1.807, 2.05) is 0 Å². The van der Waals surface area contributed by atoms with Gasteiger partial charge in [0.05, 0.1) is 4.92 Å². The number of hydrogen-bond acceptors (Lipinski definition) is 3. The number of hydrogen-bond donors (Lipinski definition) is 1. The predicted octanol–water partition coefficient (Wildman–Crippen LogP) is 4.13. The van der Waals surface area contributed by atoms with Gasteiger partial charge in [0.25, 0.3) is 5.69 Å². The molecule has 1 aromatic carbocycles. The average Bonchev–Trinajstić information content (AvgIpc) is 2.27. The second-order valence-corrected chi connectivity index (χ2v) is 4.33. The van der Waals surface area contributed by atoms with Crippen LogP contribution in [0.4, 0.5) is 24.5 Å². The minimum atomic E-state index is -4.15. The van der Waals surface area contributed by atoms with E-state index in [-0.39, 0.29) is 18.2 Å². The molecule has 0 aliphatic rings. The molecule has 1 unspecified atom stereocenters. The maximum absolute atomic E-state index is 12.0. The van der Waals surface area contributed by atoms with Crippen molar-refractivity contribution < 1.29 is 18.1 Å². The second-order valence-electron chi connectivity index (χ2n) is 4.33. The largest absolute Gasteiger partial charge is 0.389 e. The number of nitrogens with zero attached hydrogens (tertiary/aromatic N) is 1. The molecule has 1 atom stereocenters. The highest BCUT2D eigenvalue weighted by Crippen LogP contribution is 2.26. The first-order valence-electron chi connectivity index (χ1n) is 5.86. The number of benzene rings is 1. The molecule has 0 aromatic heterocycles. The Balaban J connectivity index is 2.53. The summed E-state index contributed by atoms with van der Waals surface area (Å²) in [4.78, 5) is 10.2. The first kappa shape index (κ1) is 15.3. The first-order valence-corrected chi connectivity index (χ1v) is 5.86. The van der Waals surface area contributed by atoms with Crippen molar-refractivity contribution in [1.29, 1.82) is 0 Å². The van der Waals surface area contributed by atoms with Gasteiger partial charge in [-0.05, 0) is 25.8 Å². The van der Waals surface area contributed by atoms with Crippen LogP contribution in [0, 0.1) is 10.1 Å². The quantitative estimate of drug-likeness (QED) is 0.628. The summed E-state index contributed by atoms with van der Waals surface area (Å²) in [5, 5.41) is 13.6. The van der Waals surface area contributed by atoms with Crippen molar-refractivity contribution in [3.8, 4) is 0 Å². The van der Waals surface area contributed by atoms with Crippen LogP contribution in [0.1, 0.15) is 26.2 Å². The molecule has 1 aromatic rings. The number of halogens is 3. The molecule has 0 aliphatic heterocycles. The third kappa shape index (κ3) is 5.58. The van der Waals surface area contributed by atoms with Gasteiger partial charge in [0.15, 0.2) is 0 Å². The third-order valence-electron chi connectivity index (χ3n) is 2.60. The first-order chi connectivity index (χ1) is 8.79. The topological polar surface area (TPSA) is 55.2 Å². The lowest BCUT2D eigenvalue weighted by Crippen LogP contribution is -2.17. The normalized spacial score (nSPS) is 13.1. The number of anilines is 1. The molecule has 0 fully saturated rings. The number of para-hydroxylation sites is 2. The Hall–Kier alpha value is -1.79. The van der Waals surface area contributed by atoms with E-state index in [9.17, 15) is 23.3 Å². The molecule has 4 nitrogen and oxygen atoms in total. The number of alkyl halides is 3. The highest BCUT2D eigenvalue weighted by Gasteiger charge is 2.26. The lowest BCUT2D eigenvalue weighted by molar-refractivity contribution is -0.384. The summed E-state index contributed by atoms with van der Waals surface area (Å²) < 4.78 is 36.0. The zero-order valence-corrected chi connectivity index (χ0v) is 10.4. The van der Waals surface area contributed by atoms with E-state index in [0.29, 0.717) is 12.1 Å². The number of rotatable bonds is 6. The Morgan fingerprint density at radius 2 is 2.00 bits per heavy atom. The number of nitro benzene ring substituents is 1. The fourth-order valence-electron chi connectivity index (χ4n) is 1.70. The van der Waals surface area contributed by atoms with Gasteiger partial charge < -0.3 is 5.32 Å². The van der Waals surface area contributed by atoms with E-state index in [1.165, 1.54) is 12.1 Å². The maximum atomic E-state index is 12.0. The fraction of sp³-hybridized carbons (Fsp3) is 0.500. The van der Waals surface area contributed by atoms with Gasteiger partial charge in [-0.2, -0.15) is 13.2 Å². The molecule has 0 saturated heterocycles. The van der Waals surface area contributed by atoms with Crippen LogP contribution in [-0.2, 0) is 0 Å². The molecule has 0 bridgehead atoms. The summed E-state index contributed by atoms with van der Waals surface area (Å²) in [7, 11) is 0. The van der Waals surface area contributed by atoms with Gasteiger partial charge in [-0.3, -0.25) is 10.1 Å². The van der Waals surface area contributed by atoms with Crippen LogP contribution in [0.3, 0.4) is 0 Å². The van der Waals surface area contributed by atoms with E-state index in [0.717, 1.165) is 0 Å². The van der Waals surface area contributed by atoms with Crippen LogP contribution in [0.2, 0.25) is 0 Å². The molecule has 0 saturated carbocycles. The Labute approximate surface area is 108 Å². The van der Waals surface area contributed by atoms with Gasteiger partial charge in [0.2, 0.25) is 0 Å². The van der Waals surface area contributed by atoms with Crippen LogP contribution in [-0.4, -0.2) is 17.1 Å². The minimum Gasteiger partial charge on any atom is -0.377 e. The smallest absolute Gasteiger partial charge is 0.377 e. The summed E-state index contributed by atoms with van der Waals surface area (Å²) in [6.45, 7) is 1.70. The summed E-state index contributed by atoms with van der Waals surface area (Å²) in [5.41, 5.74) is 0.247. The number of nitrogens with one attached hydrogen (secondary N) is 1. The van der Waals surface area contributed by atoms with Crippen LogP contribution in [0.15, 0.2) is 24.3 Å². The molecule has 0 aliphatic carbocycles. The molecular formula is C12H15F3N2O2. The lowest BCUT2D eigenvalue weighted by atomic mass is 10.1. The Morgan fingerprint density at radius 1 is 1.37 bits per heavy atom. The lowest BCUT2D eigenvalue weighted by Gasteiger charge is -2.15. The molecule has 0 radical (unpaired) electrons. The zero-order chi connectivity index (χ0) is 14.5. The maximum Gasteiger partial charge on any atom is 0.389 e. The third-order valence-corrected chi connectivity index (χ3v) is 2.60. The van der Waals surface area contributed by atoms with Gasteiger partial charge in [-0.25, -0.2) is 0 Å². The van der Waals surface area contributed by atoms with Crippen molar-refractivity contribution in [3.63, 3.8) is 0 Å². The highest BCUT2D eigenvalue weighted by molar-refractivity contribution is 5.61. The van der Waals surface area contributed by atoms with Crippen molar-refractivity contribution in [3.05, 3.63) is 34.4 Å². The van der Waals surface area contributed by atoms with Gasteiger partial charge in [-0.1, -0.05) is 12.1 Å². The molecule has 0 heterocycles. The molecule has 0 amide bonds. The second kappa shape index (κ2) is 6.40. The van der Waals surface area contributed by atoms with Gasteiger partial charge in [-0.15, -0.1) is 0 Å². The Morgan fingerprint density at radius 3 is 2.58 bits per heavy atom. The molecule has 1 N–H and O–H groups in total. The van der Waals surface area contributed by atoms with Crippen LogP contribution in [0.5, 0.6) is 0 Å². The van der Waals surface area contributed by atoms with E-state index in [2.05, 4.69) is 5.32 Å².